The Kier molecular flexibility index (Phi) is 3.50. The Morgan fingerprint density at radius 3 is 2.89 bits per heavy atom. The van der Waals surface area contributed by atoms with E-state index in [4.69, 9.17) is 0 Å². The number of anilines is 1. The number of likely N-dealkylation sites (N-methyl/N-ethyl adjacent to an activating group) is 1. The zero-order valence-electron chi connectivity index (χ0n) is 12.3. The van der Waals surface area contributed by atoms with Gasteiger partial charge in [-0.3, -0.25) is 4.90 Å². The van der Waals surface area contributed by atoms with Gasteiger partial charge in [0, 0.05) is 25.3 Å². The van der Waals surface area contributed by atoms with Gasteiger partial charge in [-0.15, -0.1) is 0 Å². The minimum atomic E-state index is 0.587. The van der Waals surface area contributed by atoms with Gasteiger partial charge in [0.15, 0.2) is 0 Å². The molecule has 0 aromatic heterocycles. The maximum absolute atomic E-state index is 3.35. The lowest BCUT2D eigenvalue weighted by atomic mass is 9.92. The van der Waals surface area contributed by atoms with Crippen LogP contribution in [0.3, 0.4) is 0 Å². The Balaban J connectivity index is 1.89. The third kappa shape index (κ3) is 2.26. The average molecular weight is 259 g/mol. The fourth-order valence-corrected chi connectivity index (χ4v) is 3.80. The van der Waals surface area contributed by atoms with Crippen molar-refractivity contribution in [2.75, 3.05) is 45.7 Å². The lowest BCUT2D eigenvalue weighted by Crippen LogP contribution is -2.26. The first-order valence-corrected chi connectivity index (χ1v) is 7.39. The predicted octanol–water partition coefficient (Wildman–Crippen LogP) is 1.89. The molecule has 1 fully saturated rings. The molecule has 1 saturated heterocycles. The van der Waals surface area contributed by atoms with Gasteiger partial charge in [-0.25, -0.2) is 0 Å². The van der Waals surface area contributed by atoms with Crippen molar-refractivity contribution in [1.29, 1.82) is 0 Å². The standard InChI is InChI=1S/C16H25N3/c1-17-11-14-7-9-19(3)16(14)13-4-5-15-12(10-13)6-8-18(15)2/h4-5,10,14,16-17H,6-9,11H2,1-3H3. The summed E-state index contributed by atoms with van der Waals surface area (Å²) >= 11 is 0. The number of benzene rings is 1. The highest BCUT2D eigenvalue weighted by atomic mass is 15.2. The highest BCUT2D eigenvalue weighted by Gasteiger charge is 2.33. The molecule has 0 bridgehead atoms. The van der Waals surface area contributed by atoms with Gasteiger partial charge in [0.2, 0.25) is 0 Å². The number of rotatable bonds is 3. The molecule has 2 atom stereocenters. The first kappa shape index (κ1) is 12.9. The summed E-state index contributed by atoms with van der Waals surface area (Å²) in [5, 5.41) is 3.35. The number of nitrogens with one attached hydrogen (secondary N) is 1. The van der Waals surface area contributed by atoms with E-state index in [0.29, 0.717) is 6.04 Å². The molecule has 1 N–H and O–H groups in total. The van der Waals surface area contributed by atoms with Crippen molar-refractivity contribution in [3.63, 3.8) is 0 Å². The number of hydrogen-bond donors (Lipinski definition) is 1. The van der Waals surface area contributed by atoms with Gasteiger partial charge >= 0.3 is 0 Å². The number of likely N-dealkylation sites (tertiary alicyclic amines) is 1. The average Bonchev–Trinajstić information content (AvgIpc) is 2.94. The summed E-state index contributed by atoms with van der Waals surface area (Å²) < 4.78 is 0. The monoisotopic (exact) mass is 259 g/mol. The maximum Gasteiger partial charge on any atom is 0.0397 e. The van der Waals surface area contributed by atoms with E-state index in [-0.39, 0.29) is 0 Å². The SMILES string of the molecule is CNCC1CCN(C)C1c1ccc2c(c1)CCN2C. The third-order valence-electron chi connectivity index (χ3n) is 4.81. The fraction of sp³-hybridized carbons (Fsp3) is 0.625. The van der Waals surface area contributed by atoms with Crippen molar-refractivity contribution in [3.05, 3.63) is 29.3 Å². The van der Waals surface area contributed by atoms with Crippen LogP contribution in [0.15, 0.2) is 18.2 Å². The van der Waals surface area contributed by atoms with E-state index in [1.165, 1.54) is 42.7 Å². The van der Waals surface area contributed by atoms with Gasteiger partial charge in [0.05, 0.1) is 0 Å². The van der Waals surface area contributed by atoms with E-state index >= 15 is 0 Å². The molecule has 0 saturated carbocycles. The molecule has 1 aromatic rings. The summed E-state index contributed by atoms with van der Waals surface area (Å²) in [7, 11) is 6.52. The highest BCUT2D eigenvalue weighted by molar-refractivity contribution is 5.58. The third-order valence-corrected chi connectivity index (χ3v) is 4.81. The summed E-state index contributed by atoms with van der Waals surface area (Å²) in [6.07, 6.45) is 2.51. The smallest absolute Gasteiger partial charge is 0.0397 e. The molecule has 3 heteroatoms. The second-order valence-electron chi connectivity index (χ2n) is 6.09. The predicted molar refractivity (Wildman–Crippen MR) is 80.8 cm³/mol. The van der Waals surface area contributed by atoms with E-state index in [2.05, 4.69) is 54.5 Å². The van der Waals surface area contributed by atoms with Gasteiger partial charge in [-0.2, -0.15) is 0 Å². The molecule has 0 spiro atoms. The van der Waals surface area contributed by atoms with Gasteiger partial charge in [0.1, 0.15) is 0 Å². The Morgan fingerprint density at radius 1 is 1.26 bits per heavy atom. The molecule has 104 valence electrons. The second kappa shape index (κ2) is 5.14. The topological polar surface area (TPSA) is 18.5 Å². The van der Waals surface area contributed by atoms with E-state index in [1.807, 2.05) is 0 Å². The molecule has 0 radical (unpaired) electrons. The normalized spacial score (nSPS) is 27.0. The van der Waals surface area contributed by atoms with E-state index in [1.54, 1.807) is 0 Å². The minimum absolute atomic E-state index is 0.587. The molecule has 3 rings (SSSR count). The molecule has 2 unspecified atom stereocenters. The molecule has 2 heterocycles. The van der Waals surface area contributed by atoms with Gasteiger partial charge < -0.3 is 10.2 Å². The van der Waals surface area contributed by atoms with Crippen molar-refractivity contribution >= 4 is 5.69 Å². The Bertz CT molecular complexity index is 455. The molecule has 2 aliphatic rings. The van der Waals surface area contributed by atoms with E-state index in [9.17, 15) is 0 Å². The summed E-state index contributed by atoms with van der Waals surface area (Å²) in [5.74, 6) is 0.743. The second-order valence-corrected chi connectivity index (χ2v) is 6.09. The van der Waals surface area contributed by atoms with Crippen LogP contribution in [-0.2, 0) is 6.42 Å². The molecule has 3 nitrogen and oxygen atoms in total. The maximum atomic E-state index is 3.35. The van der Waals surface area contributed by atoms with Crippen LogP contribution in [0, 0.1) is 5.92 Å². The number of hydrogen-bond acceptors (Lipinski definition) is 3. The molecule has 2 aliphatic heterocycles. The summed E-state index contributed by atoms with van der Waals surface area (Å²) in [6, 6.07) is 7.70. The summed E-state index contributed by atoms with van der Waals surface area (Å²) in [4.78, 5) is 4.88. The van der Waals surface area contributed by atoms with Crippen LogP contribution < -0.4 is 10.2 Å². The fourth-order valence-electron chi connectivity index (χ4n) is 3.80. The molecule has 1 aromatic carbocycles. The van der Waals surface area contributed by atoms with Gasteiger partial charge in [0.25, 0.3) is 0 Å². The number of nitrogens with zero attached hydrogens (tertiary/aromatic N) is 2. The minimum Gasteiger partial charge on any atom is -0.374 e. The molecule has 19 heavy (non-hydrogen) atoms. The molecule has 0 aliphatic carbocycles. The highest BCUT2D eigenvalue weighted by Crippen LogP contribution is 2.38. The summed E-state index contributed by atoms with van der Waals surface area (Å²) in [5.41, 5.74) is 4.47. The number of fused-ring (bicyclic) bond motifs is 1. The first-order chi connectivity index (χ1) is 9.20. The molecule has 0 amide bonds. The zero-order valence-corrected chi connectivity index (χ0v) is 12.3. The quantitative estimate of drug-likeness (QED) is 0.894. The van der Waals surface area contributed by atoms with Crippen molar-refractivity contribution in [2.24, 2.45) is 5.92 Å². The van der Waals surface area contributed by atoms with Crippen LogP contribution in [0.25, 0.3) is 0 Å². The van der Waals surface area contributed by atoms with Crippen LogP contribution >= 0.6 is 0 Å². The van der Waals surface area contributed by atoms with Crippen LogP contribution in [-0.4, -0.2) is 45.7 Å². The van der Waals surface area contributed by atoms with Crippen molar-refractivity contribution in [3.8, 4) is 0 Å². The van der Waals surface area contributed by atoms with Gasteiger partial charge in [-0.05, 0) is 63.1 Å². The van der Waals surface area contributed by atoms with Crippen LogP contribution in [0.4, 0.5) is 5.69 Å². The van der Waals surface area contributed by atoms with Crippen LogP contribution in [0.2, 0.25) is 0 Å². The molecular weight excluding hydrogens is 234 g/mol. The van der Waals surface area contributed by atoms with Crippen molar-refractivity contribution < 1.29 is 0 Å². The molecular formula is C16H25N3. The van der Waals surface area contributed by atoms with Crippen LogP contribution in [0.1, 0.15) is 23.6 Å². The lowest BCUT2D eigenvalue weighted by Gasteiger charge is -2.26. The van der Waals surface area contributed by atoms with Crippen LogP contribution in [0.5, 0.6) is 0 Å². The Morgan fingerprint density at radius 2 is 2.11 bits per heavy atom. The van der Waals surface area contributed by atoms with E-state index in [0.717, 1.165) is 12.5 Å². The van der Waals surface area contributed by atoms with Crippen molar-refractivity contribution in [2.45, 2.75) is 18.9 Å². The zero-order chi connectivity index (χ0) is 13.4. The first-order valence-electron chi connectivity index (χ1n) is 7.39. The van der Waals surface area contributed by atoms with Gasteiger partial charge in [-0.1, -0.05) is 12.1 Å². The van der Waals surface area contributed by atoms with Crippen molar-refractivity contribution in [1.82, 2.24) is 10.2 Å². The van der Waals surface area contributed by atoms with E-state index < -0.39 is 0 Å². The summed E-state index contributed by atoms with van der Waals surface area (Å²) in [6.45, 7) is 3.50. The Labute approximate surface area is 116 Å². The lowest BCUT2D eigenvalue weighted by molar-refractivity contribution is 0.274. The largest absolute Gasteiger partial charge is 0.374 e. The Hall–Kier alpha value is -1.06.